The van der Waals surface area contributed by atoms with Gasteiger partial charge in [0.15, 0.2) is 0 Å². The lowest BCUT2D eigenvalue weighted by molar-refractivity contribution is 0.0899. The van der Waals surface area contributed by atoms with E-state index in [0.29, 0.717) is 25.3 Å². The molecule has 1 aromatic carbocycles. The van der Waals surface area contributed by atoms with Crippen molar-refractivity contribution in [1.29, 1.82) is 0 Å². The number of fused-ring (bicyclic) bond motifs is 4. The molecule has 10 heteroatoms. The third-order valence-electron chi connectivity index (χ3n) is 7.01. The summed E-state index contributed by atoms with van der Waals surface area (Å²) >= 11 is 0. The van der Waals surface area contributed by atoms with Crippen molar-refractivity contribution in [3.63, 3.8) is 0 Å². The molecule has 0 spiro atoms. The van der Waals surface area contributed by atoms with Gasteiger partial charge >= 0.3 is 0 Å². The maximum atomic E-state index is 6.20. The number of hydrogen-bond acceptors (Lipinski definition) is 8. The smallest absolute Gasteiger partial charge is 0.229 e. The Balaban J connectivity index is 1.34. The van der Waals surface area contributed by atoms with Gasteiger partial charge in [-0.3, -0.25) is 4.90 Å². The van der Waals surface area contributed by atoms with E-state index in [1.165, 1.54) is 0 Å². The summed E-state index contributed by atoms with van der Waals surface area (Å²) in [5.41, 5.74) is 2.71. The molecule has 1 N–H and O–H groups in total. The fourth-order valence-electron chi connectivity index (χ4n) is 4.81. The fraction of sp³-hybridized carbons (Fsp3) is 0.538. The summed E-state index contributed by atoms with van der Waals surface area (Å²) in [7, 11) is 0.574. The van der Waals surface area contributed by atoms with Gasteiger partial charge in [-0.15, -0.1) is 0 Å². The molecule has 36 heavy (non-hydrogen) atoms. The van der Waals surface area contributed by atoms with E-state index in [1.54, 1.807) is 7.11 Å². The highest BCUT2D eigenvalue weighted by Crippen LogP contribution is 2.43. The second kappa shape index (κ2) is 10.3. The normalized spacial score (nSPS) is 18.0. The third-order valence-corrected chi connectivity index (χ3v) is 8.72. The van der Waals surface area contributed by atoms with E-state index in [2.05, 4.69) is 52.7 Å². The summed E-state index contributed by atoms with van der Waals surface area (Å²) < 4.78 is 19.9. The van der Waals surface area contributed by atoms with Crippen molar-refractivity contribution in [2.24, 2.45) is 0 Å². The van der Waals surface area contributed by atoms with Gasteiger partial charge in [-0.2, -0.15) is 4.98 Å². The molecule has 2 aliphatic rings. The SMILES string of the molecule is CCN1CCN2c3cc(OC)c(Nc4ncc5ccn(COCC[Si](C)(C)C)c5n4)cc3OCC2C1. The predicted molar refractivity (Wildman–Crippen MR) is 147 cm³/mol. The maximum absolute atomic E-state index is 6.20. The molecule has 0 aliphatic carbocycles. The minimum absolute atomic E-state index is 0.362. The van der Waals surface area contributed by atoms with Crippen molar-refractivity contribution in [3.05, 3.63) is 30.6 Å². The van der Waals surface area contributed by atoms with Crippen molar-refractivity contribution >= 4 is 36.4 Å². The van der Waals surface area contributed by atoms with Crippen LogP contribution >= 0.6 is 0 Å². The van der Waals surface area contributed by atoms with Gasteiger partial charge in [0.05, 0.1) is 24.5 Å². The Morgan fingerprint density at radius 1 is 1.22 bits per heavy atom. The van der Waals surface area contributed by atoms with Crippen LogP contribution in [0.25, 0.3) is 11.0 Å². The van der Waals surface area contributed by atoms with E-state index in [0.717, 1.165) is 72.7 Å². The van der Waals surface area contributed by atoms with Crippen LogP contribution in [0.2, 0.25) is 25.7 Å². The number of benzene rings is 1. The molecule has 1 saturated heterocycles. The Hall–Kier alpha value is -2.82. The number of rotatable bonds is 9. The number of aromatic nitrogens is 3. The molecule has 194 valence electrons. The Kier molecular flexibility index (Phi) is 7.09. The molecular weight excluding hydrogens is 472 g/mol. The highest BCUT2D eigenvalue weighted by atomic mass is 28.3. The minimum Gasteiger partial charge on any atom is -0.494 e. The van der Waals surface area contributed by atoms with Crippen LogP contribution in [0.5, 0.6) is 11.5 Å². The highest BCUT2D eigenvalue weighted by molar-refractivity contribution is 6.76. The number of methoxy groups -OCH3 is 1. The largest absolute Gasteiger partial charge is 0.494 e. The first kappa shape index (κ1) is 24.9. The summed E-state index contributed by atoms with van der Waals surface area (Å²) in [6.07, 6.45) is 3.84. The molecule has 1 fully saturated rings. The lowest BCUT2D eigenvalue weighted by atomic mass is 10.1. The van der Waals surface area contributed by atoms with Gasteiger partial charge in [0.1, 0.15) is 30.5 Å². The summed E-state index contributed by atoms with van der Waals surface area (Å²) in [6, 6.07) is 7.59. The minimum atomic E-state index is -1.12. The predicted octanol–water partition coefficient (Wildman–Crippen LogP) is 4.40. The number of anilines is 3. The quantitative estimate of drug-likeness (QED) is 0.335. The fourth-order valence-corrected chi connectivity index (χ4v) is 5.56. The number of hydrogen-bond donors (Lipinski definition) is 1. The first-order valence-electron chi connectivity index (χ1n) is 12.8. The Morgan fingerprint density at radius 2 is 2.08 bits per heavy atom. The average molecular weight is 511 g/mol. The van der Waals surface area contributed by atoms with Gasteiger partial charge in [0.25, 0.3) is 0 Å². The molecule has 0 amide bonds. The van der Waals surface area contributed by atoms with Gasteiger partial charge in [0, 0.05) is 64.2 Å². The second-order valence-electron chi connectivity index (χ2n) is 10.8. The lowest BCUT2D eigenvalue weighted by Gasteiger charge is -2.45. The van der Waals surface area contributed by atoms with Crippen molar-refractivity contribution in [1.82, 2.24) is 19.4 Å². The van der Waals surface area contributed by atoms with Crippen LogP contribution in [0.15, 0.2) is 30.6 Å². The maximum Gasteiger partial charge on any atom is 0.229 e. The van der Waals surface area contributed by atoms with Crippen LogP contribution in [0.4, 0.5) is 17.3 Å². The van der Waals surface area contributed by atoms with Gasteiger partial charge in [-0.25, -0.2) is 4.98 Å². The van der Waals surface area contributed by atoms with Crippen molar-refractivity contribution in [3.8, 4) is 11.5 Å². The second-order valence-corrected chi connectivity index (χ2v) is 16.4. The van der Waals surface area contributed by atoms with Gasteiger partial charge in [-0.05, 0) is 18.7 Å². The van der Waals surface area contributed by atoms with Gasteiger partial charge < -0.3 is 29.0 Å². The molecular formula is C26H38N6O3Si. The molecule has 1 unspecified atom stereocenters. The molecule has 1 atom stereocenters. The van der Waals surface area contributed by atoms with Crippen molar-refractivity contribution in [2.45, 2.75) is 45.4 Å². The number of ether oxygens (including phenoxy) is 3. The van der Waals surface area contributed by atoms with E-state index in [1.807, 2.05) is 29.1 Å². The molecule has 2 aromatic heterocycles. The summed E-state index contributed by atoms with van der Waals surface area (Å²) in [5.74, 6) is 2.11. The molecule has 2 aliphatic heterocycles. The van der Waals surface area contributed by atoms with Crippen LogP contribution in [-0.4, -0.2) is 80.1 Å². The van der Waals surface area contributed by atoms with Crippen LogP contribution in [0.1, 0.15) is 6.92 Å². The van der Waals surface area contributed by atoms with E-state index in [-0.39, 0.29) is 0 Å². The molecule has 0 saturated carbocycles. The van der Waals surface area contributed by atoms with Crippen LogP contribution in [0, 0.1) is 0 Å². The zero-order valence-electron chi connectivity index (χ0n) is 22.1. The van der Waals surface area contributed by atoms with Gasteiger partial charge in [-0.1, -0.05) is 26.6 Å². The van der Waals surface area contributed by atoms with E-state index >= 15 is 0 Å². The zero-order valence-corrected chi connectivity index (χ0v) is 23.1. The van der Waals surface area contributed by atoms with Crippen molar-refractivity contribution in [2.75, 3.05) is 56.7 Å². The van der Waals surface area contributed by atoms with E-state index in [9.17, 15) is 0 Å². The summed E-state index contributed by atoms with van der Waals surface area (Å²) in [6.45, 7) is 15.4. The lowest BCUT2D eigenvalue weighted by Crippen LogP contribution is -2.57. The number of nitrogens with one attached hydrogen (secondary N) is 1. The third kappa shape index (κ3) is 5.30. The molecule has 9 nitrogen and oxygen atoms in total. The molecule has 5 rings (SSSR count). The molecule has 3 aromatic rings. The summed E-state index contributed by atoms with van der Waals surface area (Å²) in [5, 5.41) is 4.33. The standard InChI is InChI=1S/C26H38N6O3Si/c1-6-30-9-10-32-20(16-30)17-35-24-13-21(23(33-2)14-22(24)32)28-26-27-15-19-7-8-31(25(19)29-26)18-34-11-12-36(3,4)5/h7-8,13-15,20H,6,9-12,16-18H2,1-5H3,(H,27,28,29). The van der Waals surface area contributed by atoms with Gasteiger partial charge in [0.2, 0.25) is 5.95 Å². The first-order chi connectivity index (χ1) is 17.3. The van der Waals surface area contributed by atoms with E-state index in [4.69, 9.17) is 19.2 Å². The molecule has 0 bridgehead atoms. The van der Waals surface area contributed by atoms with Crippen molar-refractivity contribution < 1.29 is 14.2 Å². The number of likely N-dealkylation sites (N-methyl/N-ethyl adjacent to an activating group) is 1. The monoisotopic (exact) mass is 510 g/mol. The first-order valence-corrected chi connectivity index (χ1v) is 16.6. The molecule has 0 radical (unpaired) electrons. The van der Waals surface area contributed by atoms with Crippen LogP contribution < -0.4 is 19.7 Å². The zero-order chi connectivity index (χ0) is 25.3. The Bertz CT molecular complexity index is 1210. The van der Waals surface area contributed by atoms with Crippen LogP contribution in [0.3, 0.4) is 0 Å². The number of nitrogens with zero attached hydrogens (tertiary/aromatic N) is 5. The summed E-state index contributed by atoms with van der Waals surface area (Å²) in [4.78, 5) is 14.2. The topological polar surface area (TPSA) is 76.9 Å². The van der Waals surface area contributed by atoms with Crippen LogP contribution in [-0.2, 0) is 11.5 Å². The average Bonchev–Trinajstić information content (AvgIpc) is 3.27. The number of piperazine rings is 1. The Morgan fingerprint density at radius 3 is 2.86 bits per heavy atom. The molecule has 4 heterocycles. The Labute approximate surface area is 214 Å². The highest BCUT2D eigenvalue weighted by Gasteiger charge is 2.33. The van der Waals surface area contributed by atoms with E-state index < -0.39 is 8.07 Å².